The van der Waals surface area contributed by atoms with Crippen LogP contribution < -0.4 is 4.72 Å². The lowest BCUT2D eigenvalue weighted by molar-refractivity contribution is 0.202. The zero-order chi connectivity index (χ0) is 23.4. The summed E-state index contributed by atoms with van der Waals surface area (Å²) in [5.41, 5.74) is 4.77. The van der Waals surface area contributed by atoms with Crippen molar-refractivity contribution in [1.82, 2.24) is 24.9 Å². The molecule has 33 heavy (non-hydrogen) atoms. The summed E-state index contributed by atoms with van der Waals surface area (Å²) in [5.74, 6) is 0.424. The summed E-state index contributed by atoms with van der Waals surface area (Å²) in [6.45, 7) is 8.69. The summed E-state index contributed by atoms with van der Waals surface area (Å²) in [6.07, 6.45) is 4.06. The highest BCUT2D eigenvalue weighted by atomic mass is 32.2. The molecule has 1 aliphatic rings. The van der Waals surface area contributed by atoms with E-state index in [0.717, 1.165) is 49.6 Å². The molecule has 0 atom stereocenters. The Bertz CT molecular complexity index is 1180. The minimum absolute atomic E-state index is 0.424. The first-order chi connectivity index (χ1) is 15.8. The zero-order valence-electron chi connectivity index (χ0n) is 19.5. The number of sulfonamides is 1. The van der Waals surface area contributed by atoms with E-state index in [9.17, 15) is 8.42 Å². The number of benzene rings is 1. The smallest absolute Gasteiger partial charge is 0.235 e. The molecule has 9 heteroatoms. The van der Waals surface area contributed by atoms with Crippen molar-refractivity contribution < 1.29 is 8.42 Å². The van der Waals surface area contributed by atoms with Crippen LogP contribution in [0.4, 0.5) is 5.69 Å². The number of aromatic nitrogens is 4. The Kier molecular flexibility index (Phi) is 7.09. The van der Waals surface area contributed by atoms with Crippen LogP contribution in [0.25, 0.3) is 0 Å². The molecule has 1 fully saturated rings. The lowest BCUT2D eigenvalue weighted by Crippen LogP contribution is -2.32. The molecule has 4 rings (SSSR count). The third-order valence-electron chi connectivity index (χ3n) is 6.07. The first-order valence-electron chi connectivity index (χ1n) is 11.4. The van der Waals surface area contributed by atoms with Gasteiger partial charge in [-0.2, -0.15) is 0 Å². The van der Waals surface area contributed by atoms with Crippen molar-refractivity contribution in [3.8, 4) is 0 Å². The average Bonchev–Trinajstić information content (AvgIpc) is 3.20. The van der Waals surface area contributed by atoms with Gasteiger partial charge in [0, 0.05) is 17.9 Å². The van der Waals surface area contributed by atoms with Crippen molar-refractivity contribution in [2.75, 3.05) is 17.8 Å². The number of nitrogens with zero attached hydrogens (tertiary/aromatic N) is 5. The van der Waals surface area contributed by atoms with Crippen molar-refractivity contribution in [1.29, 1.82) is 0 Å². The third kappa shape index (κ3) is 6.17. The minimum Gasteiger partial charge on any atom is -0.297 e. The largest absolute Gasteiger partial charge is 0.297 e. The van der Waals surface area contributed by atoms with Gasteiger partial charge in [0.2, 0.25) is 10.0 Å². The van der Waals surface area contributed by atoms with E-state index in [4.69, 9.17) is 0 Å². The van der Waals surface area contributed by atoms with Gasteiger partial charge < -0.3 is 0 Å². The Morgan fingerprint density at radius 1 is 1.06 bits per heavy atom. The van der Waals surface area contributed by atoms with Gasteiger partial charge in [-0.05, 0) is 82.4 Å². The van der Waals surface area contributed by atoms with Crippen LogP contribution in [0, 0.1) is 6.92 Å². The highest BCUT2D eigenvalue weighted by Gasteiger charge is 2.22. The van der Waals surface area contributed by atoms with Gasteiger partial charge in [-0.1, -0.05) is 23.4 Å². The molecule has 8 nitrogen and oxygen atoms in total. The molecule has 0 aliphatic carbocycles. The Labute approximate surface area is 196 Å². The van der Waals surface area contributed by atoms with E-state index >= 15 is 0 Å². The zero-order valence-corrected chi connectivity index (χ0v) is 20.3. The van der Waals surface area contributed by atoms with Crippen LogP contribution in [0.1, 0.15) is 55.3 Å². The van der Waals surface area contributed by atoms with Crippen LogP contribution >= 0.6 is 0 Å². The molecule has 1 aliphatic heterocycles. The minimum atomic E-state index is -3.34. The monoisotopic (exact) mass is 468 g/mol. The first kappa shape index (κ1) is 23.4. The predicted molar refractivity (Wildman–Crippen MR) is 129 cm³/mol. The Hall–Kier alpha value is -2.78. The summed E-state index contributed by atoms with van der Waals surface area (Å²) in [5, 5.41) is 8.15. The van der Waals surface area contributed by atoms with Gasteiger partial charge in [0.15, 0.2) is 0 Å². The molecule has 0 bridgehead atoms. The van der Waals surface area contributed by atoms with Gasteiger partial charge in [-0.15, -0.1) is 5.10 Å². The van der Waals surface area contributed by atoms with Crippen molar-refractivity contribution in [2.45, 2.75) is 57.9 Å². The van der Waals surface area contributed by atoms with Crippen molar-refractivity contribution in [3.05, 3.63) is 71.3 Å². The number of piperidine rings is 1. The van der Waals surface area contributed by atoms with Gasteiger partial charge in [0.05, 0.1) is 29.4 Å². The molecule has 2 aromatic heterocycles. The van der Waals surface area contributed by atoms with E-state index < -0.39 is 15.3 Å². The van der Waals surface area contributed by atoms with Gasteiger partial charge >= 0.3 is 0 Å². The average molecular weight is 469 g/mol. The number of pyridine rings is 1. The maximum absolute atomic E-state index is 12.2. The van der Waals surface area contributed by atoms with E-state index in [1.807, 2.05) is 54.2 Å². The standard InChI is InChI=1S/C24H32N6O2S/c1-18(2)33(31,32)27-22-8-5-7-21(14-22)20-10-12-29(13-11-20)15-24-17-30(28-26-24)16-23-9-4-6-19(3)25-23/h4-9,14,17-18,20,27H,10-13,15-16H2,1-3H3. The number of aryl methyl sites for hydroxylation is 1. The second-order valence-corrected chi connectivity index (χ2v) is 11.3. The summed E-state index contributed by atoms with van der Waals surface area (Å²) in [6, 6.07) is 13.8. The maximum atomic E-state index is 12.2. The molecule has 0 unspecified atom stereocenters. The molecule has 0 saturated carbocycles. The number of hydrogen-bond acceptors (Lipinski definition) is 6. The van der Waals surface area contributed by atoms with E-state index in [2.05, 4.69) is 31.0 Å². The molecule has 1 saturated heterocycles. The Morgan fingerprint density at radius 3 is 2.55 bits per heavy atom. The highest BCUT2D eigenvalue weighted by molar-refractivity contribution is 7.93. The number of rotatable bonds is 8. The van der Waals surface area contributed by atoms with E-state index in [-0.39, 0.29) is 0 Å². The Balaban J connectivity index is 1.31. The topological polar surface area (TPSA) is 93.0 Å². The first-order valence-corrected chi connectivity index (χ1v) is 13.0. The number of likely N-dealkylation sites (tertiary alicyclic amines) is 1. The van der Waals surface area contributed by atoms with Crippen LogP contribution in [-0.2, 0) is 23.1 Å². The van der Waals surface area contributed by atoms with Crippen LogP contribution in [0.2, 0.25) is 0 Å². The summed E-state index contributed by atoms with van der Waals surface area (Å²) in [4.78, 5) is 6.93. The maximum Gasteiger partial charge on any atom is 0.235 e. The van der Waals surface area contributed by atoms with Crippen LogP contribution in [0.5, 0.6) is 0 Å². The molecule has 0 amide bonds. The quantitative estimate of drug-likeness (QED) is 0.543. The summed E-state index contributed by atoms with van der Waals surface area (Å²) < 4.78 is 28.9. The molecule has 176 valence electrons. The summed E-state index contributed by atoms with van der Waals surface area (Å²) >= 11 is 0. The third-order valence-corrected chi connectivity index (χ3v) is 7.83. The van der Waals surface area contributed by atoms with E-state index in [1.165, 1.54) is 5.56 Å². The number of anilines is 1. The van der Waals surface area contributed by atoms with Crippen molar-refractivity contribution in [2.24, 2.45) is 0 Å². The van der Waals surface area contributed by atoms with Crippen molar-refractivity contribution >= 4 is 15.7 Å². The molecular weight excluding hydrogens is 436 g/mol. The van der Waals surface area contributed by atoms with Crippen LogP contribution in [-0.4, -0.2) is 51.6 Å². The fourth-order valence-electron chi connectivity index (χ4n) is 4.13. The fourth-order valence-corrected chi connectivity index (χ4v) is 4.82. The van der Waals surface area contributed by atoms with Crippen molar-refractivity contribution in [3.63, 3.8) is 0 Å². The molecular formula is C24H32N6O2S. The highest BCUT2D eigenvalue weighted by Crippen LogP contribution is 2.30. The lowest BCUT2D eigenvalue weighted by atomic mass is 9.89. The van der Waals surface area contributed by atoms with Gasteiger partial charge in [-0.25, -0.2) is 13.1 Å². The molecule has 0 spiro atoms. The SMILES string of the molecule is Cc1cccc(Cn2cc(CN3CCC(c4cccc(NS(=O)(=O)C(C)C)c4)CC3)nn2)n1. The lowest BCUT2D eigenvalue weighted by Gasteiger charge is -2.31. The number of hydrogen-bond donors (Lipinski definition) is 1. The normalized spacial score (nSPS) is 15.8. The Morgan fingerprint density at radius 2 is 1.82 bits per heavy atom. The van der Waals surface area contributed by atoms with Crippen LogP contribution in [0.15, 0.2) is 48.7 Å². The van der Waals surface area contributed by atoms with Gasteiger partial charge in [0.25, 0.3) is 0 Å². The van der Waals surface area contributed by atoms with Crippen LogP contribution in [0.3, 0.4) is 0 Å². The molecule has 3 aromatic rings. The molecule has 0 radical (unpaired) electrons. The molecule has 1 aromatic carbocycles. The second kappa shape index (κ2) is 10.0. The van der Waals surface area contributed by atoms with Gasteiger partial charge in [-0.3, -0.25) is 14.6 Å². The molecule has 3 heterocycles. The second-order valence-electron chi connectivity index (χ2n) is 9.05. The van der Waals surface area contributed by atoms with E-state index in [1.54, 1.807) is 13.8 Å². The number of nitrogens with one attached hydrogen (secondary N) is 1. The predicted octanol–water partition coefficient (Wildman–Crippen LogP) is 3.56. The van der Waals surface area contributed by atoms with E-state index in [0.29, 0.717) is 18.2 Å². The van der Waals surface area contributed by atoms with Gasteiger partial charge in [0.1, 0.15) is 0 Å². The summed E-state index contributed by atoms with van der Waals surface area (Å²) in [7, 11) is -3.34. The fraction of sp³-hybridized carbons (Fsp3) is 0.458. The molecule has 1 N–H and O–H groups in total.